The van der Waals surface area contributed by atoms with Crippen LogP contribution >= 0.6 is 0 Å². The van der Waals surface area contributed by atoms with Crippen LogP contribution < -0.4 is 20.1 Å². The molecule has 2 amide bonds. The molecule has 2 fully saturated rings. The molecule has 4 aromatic carbocycles. The number of nitrogens with one attached hydrogen (secondary N) is 2. The van der Waals surface area contributed by atoms with Gasteiger partial charge in [-0.25, -0.2) is 4.39 Å². The molecule has 0 saturated heterocycles. The van der Waals surface area contributed by atoms with Gasteiger partial charge in [0, 0.05) is 46.9 Å². The summed E-state index contributed by atoms with van der Waals surface area (Å²) in [7, 11) is 0. The van der Waals surface area contributed by atoms with Crippen LogP contribution in [0.25, 0.3) is 21.8 Å². The fourth-order valence-corrected chi connectivity index (χ4v) is 7.59. The van der Waals surface area contributed by atoms with E-state index in [4.69, 9.17) is 14.7 Å². The first-order valence-electron chi connectivity index (χ1n) is 19.7. The van der Waals surface area contributed by atoms with Gasteiger partial charge >= 0.3 is 0 Å². The molecule has 2 heterocycles. The van der Waals surface area contributed by atoms with Crippen molar-refractivity contribution in [2.24, 2.45) is 5.92 Å². The van der Waals surface area contributed by atoms with Crippen LogP contribution in [0.5, 0.6) is 11.5 Å². The molecule has 58 heavy (non-hydrogen) atoms. The quantitative estimate of drug-likeness (QED) is 0.148. The first-order chi connectivity index (χ1) is 28.4. The van der Waals surface area contributed by atoms with Gasteiger partial charge < -0.3 is 20.1 Å². The van der Waals surface area contributed by atoms with Gasteiger partial charge in [0.25, 0.3) is 11.8 Å². The molecule has 11 heteroatoms. The van der Waals surface area contributed by atoms with Gasteiger partial charge in [0.15, 0.2) is 0 Å². The number of fused-ring (bicyclic) bond motifs is 2. The molecule has 292 valence electrons. The first-order valence-corrected chi connectivity index (χ1v) is 19.7. The topological polar surface area (TPSA) is 150 Å². The molecule has 0 unspecified atom stereocenters. The molecular weight excluding hydrogens is 732 g/mol. The van der Waals surface area contributed by atoms with Crippen LogP contribution in [0.3, 0.4) is 0 Å². The number of carbonyl (C=O) groups excluding carboxylic acids is 2. The van der Waals surface area contributed by atoms with E-state index in [0.717, 1.165) is 79.2 Å². The second-order valence-electron chi connectivity index (χ2n) is 14.7. The van der Waals surface area contributed by atoms with E-state index >= 15 is 0 Å². The number of ether oxygens (including phenoxy) is 2. The zero-order valence-electron chi connectivity index (χ0n) is 31.9. The number of hydrogen-bond donors (Lipinski definition) is 2. The second kappa shape index (κ2) is 18.9. The Labute approximate surface area is 336 Å². The Bertz CT molecular complexity index is 2460. The average Bonchev–Trinajstić information content (AvgIpc) is 3.27. The third-order valence-corrected chi connectivity index (χ3v) is 10.8. The molecule has 2 aliphatic carbocycles. The number of aromatic nitrogens is 2. The van der Waals surface area contributed by atoms with E-state index in [1.165, 1.54) is 18.2 Å². The molecule has 2 saturated carbocycles. The van der Waals surface area contributed by atoms with Crippen LogP contribution in [0.15, 0.2) is 116 Å². The predicted octanol–water partition coefficient (Wildman–Crippen LogP) is 8.84. The van der Waals surface area contributed by atoms with E-state index in [0.29, 0.717) is 40.2 Å². The zero-order valence-corrected chi connectivity index (χ0v) is 31.9. The van der Waals surface area contributed by atoms with Crippen LogP contribution in [0.1, 0.15) is 83.2 Å². The van der Waals surface area contributed by atoms with Gasteiger partial charge in [0.2, 0.25) is 0 Å². The Morgan fingerprint density at radius 3 is 2.03 bits per heavy atom. The van der Waals surface area contributed by atoms with Crippen molar-refractivity contribution in [3.8, 4) is 23.6 Å². The Kier molecular flexibility index (Phi) is 12.8. The van der Waals surface area contributed by atoms with Crippen LogP contribution in [0.4, 0.5) is 4.39 Å². The number of pyridine rings is 2. The molecule has 0 radical (unpaired) electrons. The minimum absolute atomic E-state index is 0.0358. The van der Waals surface area contributed by atoms with Gasteiger partial charge in [-0.2, -0.15) is 10.5 Å². The molecule has 2 aliphatic rings. The van der Waals surface area contributed by atoms with Gasteiger partial charge in [-0.1, -0.05) is 24.3 Å². The maximum atomic E-state index is 13.3. The zero-order chi connectivity index (χ0) is 40.3. The fraction of sp³-hybridized carbons (Fsp3) is 0.277. The van der Waals surface area contributed by atoms with Gasteiger partial charge in [0.1, 0.15) is 23.4 Å². The maximum Gasteiger partial charge on any atom is 0.251 e. The van der Waals surface area contributed by atoms with Crippen LogP contribution in [0, 0.1) is 34.4 Å². The van der Waals surface area contributed by atoms with E-state index < -0.39 is 5.82 Å². The van der Waals surface area contributed by atoms with Crippen LogP contribution in [-0.4, -0.2) is 46.6 Å². The first kappa shape index (κ1) is 39.4. The number of halogens is 1. The Morgan fingerprint density at radius 1 is 0.672 bits per heavy atom. The van der Waals surface area contributed by atoms with Crippen molar-refractivity contribution < 1.29 is 23.5 Å². The van der Waals surface area contributed by atoms with E-state index in [1.54, 1.807) is 48.8 Å². The molecule has 10 nitrogen and oxygen atoms in total. The predicted molar refractivity (Wildman–Crippen MR) is 219 cm³/mol. The molecule has 6 aromatic rings. The Balaban J connectivity index is 0.000000177. The number of hydrogen-bond acceptors (Lipinski definition) is 8. The van der Waals surface area contributed by atoms with Crippen molar-refractivity contribution >= 4 is 33.6 Å². The number of benzene rings is 4. The SMILES string of the molecule is N#Cc1ccc(C(=O)NCC2CCC(Oc3ccnc4ccccc34)CC2)cc1.N#Cc1cccc2c(OC3CCC(NC(=O)c4cccc(F)c4)CC3)ccnc12. The van der Waals surface area contributed by atoms with Crippen molar-refractivity contribution in [3.63, 3.8) is 0 Å². The molecular formula is C47H43FN6O4. The summed E-state index contributed by atoms with van der Waals surface area (Å²) in [5, 5.41) is 26.0. The van der Waals surface area contributed by atoms with E-state index in [2.05, 4.69) is 32.7 Å². The number of rotatable bonds is 9. The highest BCUT2D eigenvalue weighted by Gasteiger charge is 2.26. The molecule has 0 atom stereocenters. The van der Waals surface area contributed by atoms with Crippen molar-refractivity contribution in [1.82, 2.24) is 20.6 Å². The summed E-state index contributed by atoms with van der Waals surface area (Å²) in [6, 6.07) is 34.0. The summed E-state index contributed by atoms with van der Waals surface area (Å²) in [6.45, 7) is 0.670. The number of carbonyl (C=O) groups is 2. The van der Waals surface area contributed by atoms with Gasteiger partial charge in [0.05, 0.1) is 40.4 Å². The van der Waals surface area contributed by atoms with Crippen molar-refractivity contribution in [3.05, 3.63) is 144 Å². The van der Waals surface area contributed by atoms with E-state index in [-0.39, 0.29) is 30.1 Å². The highest BCUT2D eigenvalue weighted by atomic mass is 19.1. The monoisotopic (exact) mass is 774 g/mol. The number of para-hydroxylation sites is 2. The van der Waals surface area contributed by atoms with E-state index in [9.17, 15) is 19.2 Å². The summed E-state index contributed by atoms with van der Waals surface area (Å²) in [5.41, 5.74) is 3.59. The summed E-state index contributed by atoms with van der Waals surface area (Å²) < 4.78 is 25.8. The van der Waals surface area contributed by atoms with Crippen LogP contribution in [-0.2, 0) is 0 Å². The number of nitriles is 2. The molecule has 2 N–H and O–H groups in total. The lowest BCUT2D eigenvalue weighted by Gasteiger charge is -2.29. The average molecular weight is 775 g/mol. The molecule has 0 bridgehead atoms. The Morgan fingerprint density at radius 2 is 1.33 bits per heavy atom. The standard InChI is InChI=1S/C24H23N3O2.C23H20FN3O2/c25-15-17-5-9-19(10-6-17)24(28)27-16-18-7-11-20(12-8-18)29-23-13-14-26-22-4-2-1-3-21(22)23;24-17-5-1-3-15(13-17)23(28)27-18-7-9-19(10-8-18)29-21-11-12-26-22-16(14-25)4-2-6-20(21)22/h1-6,9-10,13-14,18,20H,7-8,11-12,16H2,(H,27,28);1-6,11-13,18-19H,7-10H2,(H,27,28). The second-order valence-corrected chi connectivity index (χ2v) is 14.7. The lowest BCUT2D eigenvalue weighted by atomic mass is 9.87. The molecule has 2 aromatic heterocycles. The number of nitrogens with zero attached hydrogens (tertiary/aromatic N) is 4. The third kappa shape index (κ3) is 9.93. The lowest BCUT2D eigenvalue weighted by molar-refractivity contribution is 0.0893. The highest BCUT2D eigenvalue weighted by Crippen LogP contribution is 2.32. The van der Waals surface area contributed by atoms with Crippen molar-refractivity contribution in [2.45, 2.75) is 69.6 Å². The number of amides is 2. The minimum Gasteiger partial charge on any atom is -0.490 e. The van der Waals surface area contributed by atoms with Gasteiger partial charge in [-0.05, 0) is 136 Å². The smallest absolute Gasteiger partial charge is 0.251 e. The van der Waals surface area contributed by atoms with Gasteiger partial charge in [-0.3, -0.25) is 19.6 Å². The summed E-state index contributed by atoms with van der Waals surface area (Å²) >= 11 is 0. The largest absolute Gasteiger partial charge is 0.490 e. The van der Waals surface area contributed by atoms with Crippen molar-refractivity contribution in [2.75, 3.05) is 6.54 Å². The Hall–Kier alpha value is -6.85. The molecule has 0 spiro atoms. The highest BCUT2D eigenvalue weighted by molar-refractivity contribution is 5.95. The maximum absolute atomic E-state index is 13.3. The van der Waals surface area contributed by atoms with Crippen LogP contribution in [0.2, 0.25) is 0 Å². The summed E-state index contributed by atoms with van der Waals surface area (Å²) in [6.07, 6.45) is 10.9. The van der Waals surface area contributed by atoms with E-state index in [1.807, 2.05) is 48.5 Å². The lowest BCUT2D eigenvalue weighted by Crippen LogP contribution is -2.39. The molecule has 8 rings (SSSR count). The third-order valence-electron chi connectivity index (χ3n) is 10.8. The minimum atomic E-state index is -0.418. The summed E-state index contributed by atoms with van der Waals surface area (Å²) in [5.74, 6) is 1.33. The van der Waals surface area contributed by atoms with Crippen molar-refractivity contribution in [1.29, 1.82) is 10.5 Å². The fourth-order valence-electron chi connectivity index (χ4n) is 7.59. The normalized spacial score (nSPS) is 18.7. The van der Waals surface area contributed by atoms with Gasteiger partial charge in [-0.15, -0.1) is 0 Å². The summed E-state index contributed by atoms with van der Waals surface area (Å²) in [4.78, 5) is 33.3. The molecule has 0 aliphatic heterocycles.